The van der Waals surface area contributed by atoms with Gasteiger partial charge < -0.3 is 9.66 Å². The van der Waals surface area contributed by atoms with Crippen LogP contribution in [0.5, 0.6) is 5.75 Å². The second kappa shape index (κ2) is 5.31. The molecule has 0 spiro atoms. The molecule has 0 fully saturated rings. The van der Waals surface area contributed by atoms with Crippen LogP contribution in [0.4, 0.5) is 13.2 Å². The van der Waals surface area contributed by atoms with Crippen LogP contribution in [-0.4, -0.2) is 13.9 Å². The maximum atomic E-state index is 12.1. The molecule has 0 aliphatic heterocycles. The summed E-state index contributed by atoms with van der Waals surface area (Å²) < 4.78 is 57.0. The van der Waals surface area contributed by atoms with Crippen LogP contribution in [0.15, 0.2) is 23.1 Å². The first-order valence-corrected chi connectivity index (χ1v) is 4.38. The van der Waals surface area contributed by atoms with E-state index in [4.69, 9.17) is 5.11 Å². The molecule has 0 aliphatic carbocycles. The minimum atomic E-state index is -4.67. The summed E-state index contributed by atoms with van der Waals surface area (Å²) in [6.07, 6.45) is -4.67. The van der Waals surface area contributed by atoms with Gasteiger partial charge in [-0.3, -0.25) is 4.21 Å². The molecule has 0 aromatic heterocycles. The van der Waals surface area contributed by atoms with E-state index < -0.39 is 33.5 Å². The molecule has 1 aromatic carbocycles. The van der Waals surface area contributed by atoms with Gasteiger partial charge in [0, 0.05) is 4.90 Å². The predicted molar refractivity (Wildman–Crippen MR) is 40.3 cm³/mol. The average Bonchev–Trinajstić information content (AvgIpc) is 2.01. The van der Waals surface area contributed by atoms with Crippen LogP contribution in [0.3, 0.4) is 0 Å². The number of hydrogen-bond acceptors (Lipinski definition) is 3. The third-order valence-electron chi connectivity index (χ3n) is 1.41. The topological polar surface area (TPSA) is 60.4 Å². The average molecular weight is 248 g/mol. The van der Waals surface area contributed by atoms with Crippen molar-refractivity contribution in [1.82, 2.24) is 0 Å². The zero-order valence-electron chi connectivity index (χ0n) is 7.54. The zero-order valence-corrected chi connectivity index (χ0v) is 10.4. The Balaban J connectivity index is 0.00000196. The molecule has 0 bridgehead atoms. The fourth-order valence-electron chi connectivity index (χ4n) is 0.843. The molecule has 8 heteroatoms. The molecule has 1 N–H and O–H groups in total. The summed E-state index contributed by atoms with van der Waals surface area (Å²) in [5, 5.41) is 8.83. The van der Waals surface area contributed by atoms with E-state index in [9.17, 15) is 21.9 Å². The van der Waals surface area contributed by atoms with Gasteiger partial charge in [-0.05, 0) is 29.3 Å². The van der Waals surface area contributed by atoms with Crippen LogP contribution in [0.1, 0.15) is 5.56 Å². The van der Waals surface area contributed by atoms with Gasteiger partial charge in [-0.2, -0.15) is 13.2 Å². The van der Waals surface area contributed by atoms with E-state index in [1.807, 2.05) is 0 Å². The molecule has 1 unspecified atom stereocenters. The Kier molecular flexibility index (Phi) is 5.28. The molecule has 0 heterocycles. The molecule has 1 aromatic rings. The van der Waals surface area contributed by atoms with Crippen molar-refractivity contribution in [2.24, 2.45) is 0 Å². The number of phenols is 1. The van der Waals surface area contributed by atoms with Crippen molar-refractivity contribution in [3.8, 4) is 5.75 Å². The monoisotopic (exact) mass is 248 g/mol. The van der Waals surface area contributed by atoms with Crippen molar-refractivity contribution in [2.45, 2.75) is 11.1 Å². The molecule has 0 aliphatic rings. The largest absolute Gasteiger partial charge is 1.00 e. The van der Waals surface area contributed by atoms with Crippen LogP contribution in [0, 0.1) is 0 Å². The molecule has 15 heavy (non-hydrogen) atoms. The maximum Gasteiger partial charge on any atom is 1.00 e. The Morgan fingerprint density at radius 1 is 1.27 bits per heavy atom. The molecule has 1 atom stereocenters. The van der Waals surface area contributed by atoms with Gasteiger partial charge in [-0.15, -0.1) is 0 Å². The molecule has 1 rings (SSSR count). The van der Waals surface area contributed by atoms with Gasteiger partial charge in [0.2, 0.25) is 0 Å². The first kappa shape index (κ1) is 14.9. The normalized spacial score (nSPS) is 13.1. The summed E-state index contributed by atoms with van der Waals surface area (Å²) in [4.78, 5) is -0.600. The van der Waals surface area contributed by atoms with Crippen LogP contribution in [0.2, 0.25) is 0 Å². The number of hydrogen-bond donors (Lipinski definition) is 1. The third kappa shape index (κ3) is 4.12. The fraction of sp³-hybridized carbons (Fsp3) is 0.143. The van der Waals surface area contributed by atoms with Gasteiger partial charge in [-0.1, -0.05) is 0 Å². The number of rotatable bonds is 1. The van der Waals surface area contributed by atoms with Crippen molar-refractivity contribution >= 4 is 11.1 Å². The Morgan fingerprint density at radius 2 is 1.80 bits per heavy atom. The number of aromatic hydroxyl groups is 1. The molecule has 0 saturated heterocycles. The van der Waals surface area contributed by atoms with E-state index in [0.29, 0.717) is 12.1 Å². The summed E-state index contributed by atoms with van der Waals surface area (Å²) >= 11 is -2.79. The van der Waals surface area contributed by atoms with Crippen LogP contribution in [-0.2, 0) is 17.3 Å². The van der Waals surface area contributed by atoms with Gasteiger partial charge in [-0.25, -0.2) is 0 Å². The minimum Gasteiger partial charge on any atom is -0.768 e. The van der Waals surface area contributed by atoms with E-state index in [1.165, 1.54) is 0 Å². The Labute approximate surface area is 108 Å². The second-order valence-electron chi connectivity index (χ2n) is 2.45. The number of benzene rings is 1. The number of halogens is 3. The summed E-state index contributed by atoms with van der Waals surface area (Å²) in [7, 11) is 0. The number of phenolic OH excluding ortho intramolecular Hbond substituents is 1. The van der Waals surface area contributed by atoms with Gasteiger partial charge in [0.05, 0.1) is 5.56 Å². The van der Waals surface area contributed by atoms with Crippen molar-refractivity contribution < 1.29 is 56.6 Å². The standard InChI is InChI=1S/C7H5F3O3S.Na/c8-7(9,10)4-1-5(11)3-6(2-4)14(12)13;/h1-3,11H,(H,12,13);/q;+1/p-1. The van der Waals surface area contributed by atoms with Crippen molar-refractivity contribution in [3.63, 3.8) is 0 Å². The maximum absolute atomic E-state index is 12.1. The van der Waals surface area contributed by atoms with E-state index in [1.54, 1.807) is 0 Å². The third-order valence-corrected chi connectivity index (χ3v) is 2.03. The SMILES string of the molecule is O=S([O-])c1cc(O)cc(C(F)(F)F)c1.[Na+]. The molecule has 0 amide bonds. The van der Waals surface area contributed by atoms with Gasteiger partial charge >= 0.3 is 35.7 Å². The van der Waals surface area contributed by atoms with Crippen LogP contribution >= 0.6 is 0 Å². The fourth-order valence-corrected chi connectivity index (χ4v) is 1.28. The summed E-state index contributed by atoms with van der Waals surface area (Å²) in [5.74, 6) is -0.737. The number of alkyl halides is 3. The zero-order chi connectivity index (χ0) is 10.9. The quantitative estimate of drug-likeness (QED) is 0.494. The Hall–Kier alpha value is -0.0800. The van der Waals surface area contributed by atoms with E-state index in [-0.39, 0.29) is 29.6 Å². The first-order chi connectivity index (χ1) is 6.30. The van der Waals surface area contributed by atoms with Crippen LogP contribution < -0.4 is 29.6 Å². The first-order valence-electron chi connectivity index (χ1n) is 3.31. The van der Waals surface area contributed by atoms with Crippen molar-refractivity contribution in [2.75, 3.05) is 0 Å². The van der Waals surface area contributed by atoms with Crippen LogP contribution in [0.25, 0.3) is 0 Å². The molecular weight excluding hydrogens is 244 g/mol. The summed E-state index contributed by atoms with van der Waals surface area (Å²) in [5.41, 5.74) is -1.20. The second-order valence-corrected chi connectivity index (χ2v) is 3.39. The van der Waals surface area contributed by atoms with E-state index in [0.717, 1.165) is 6.07 Å². The molecule has 0 saturated carbocycles. The van der Waals surface area contributed by atoms with E-state index >= 15 is 0 Å². The van der Waals surface area contributed by atoms with Gasteiger partial charge in [0.15, 0.2) is 0 Å². The Bertz CT molecular complexity index is 380. The molecular formula is C7H4F3NaO3S. The smallest absolute Gasteiger partial charge is 0.768 e. The Morgan fingerprint density at radius 3 is 2.20 bits per heavy atom. The van der Waals surface area contributed by atoms with Crippen molar-refractivity contribution in [1.29, 1.82) is 0 Å². The van der Waals surface area contributed by atoms with Gasteiger partial charge in [0.25, 0.3) is 0 Å². The molecule has 3 nitrogen and oxygen atoms in total. The van der Waals surface area contributed by atoms with Crippen molar-refractivity contribution in [3.05, 3.63) is 23.8 Å². The minimum absolute atomic E-state index is 0. The summed E-state index contributed by atoms with van der Waals surface area (Å²) in [6.45, 7) is 0. The van der Waals surface area contributed by atoms with E-state index in [2.05, 4.69) is 0 Å². The molecule has 0 radical (unpaired) electrons. The van der Waals surface area contributed by atoms with Gasteiger partial charge in [0.1, 0.15) is 5.75 Å². The molecule has 78 valence electrons. The predicted octanol–water partition coefficient (Wildman–Crippen LogP) is -1.35. The summed E-state index contributed by atoms with van der Waals surface area (Å²) in [6, 6.07) is 1.64.